The quantitative estimate of drug-likeness (QED) is 0.539. The normalized spacial score (nSPS) is 21.2. The minimum Gasteiger partial charge on any atom is -0.495 e. The van der Waals surface area contributed by atoms with Crippen LogP contribution < -0.4 is 9.64 Å². The highest BCUT2D eigenvalue weighted by Crippen LogP contribution is 2.53. The lowest BCUT2D eigenvalue weighted by atomic mass is 9.94. The molecule has 1 unspecified atom stereocenters. The third-order valence-electron chi connectivity index (χ3n) is 3.93. The summed E-state index contributed by atoms with van der Waals surface area (Å²) in [7, 11) is 1.73. The van der Waals surface area contributed by atoms with E-state index in [1.165, 1.54) is 28.8 Å². The molecule has 96 valence electrons. The van der Waals surface area contributed by atoms with Crippen molar-refractivity contribution in [2.75, 3.05) is 18.6 Å². The van der Waals surface area contributed by atoms with Crippen LogP contribution in [0.3, 0.4) is 0 Å². The summed E-state index contributed by atoms with van der Waals surface area (Å²) >= 11 is 7.44. The molecular weight excluding hydrogens is 358 g/mol. The summed E-state index contributed by atoms with van der Waals surface area (Å²) in [6, 6.07) is 0. The van der Waals surface area contributed by atoms with Gasteiger partial charge >= 0.3 is 0 Å². The van der Waals surface area contributed by atoms with E-state index in [1.54, 1.807) is 7.11 Å². The smallest absolute Gasteiger partial charge is 0.136 e. The number of ether oxygens (including phenoxy) is 1. The fourth-order valence-electron chi connectivity index (χ4n) is 3.08. The number of nitrogens with zero attached hydrogens (tertiary/aromatic N) is 1. The van der Waals surface area contributed by atoms with Crippen LogP contribution in [0, 0.1) is 6.92 Å². The third kappa shape index (κ3) is 1.45. The molecule has 3 rings (SSSR count). The van der Waals surface area contributed by atoms with Gasteiger partial charge in [-0.15, -0.1) is 0 Å². The first-order valence-corrected chi connectivity index (χ1v) is 7.77. The second-order valence-electron chi connectivity index (χ2n) is 4.83. The number of anilines is 1. The van der Waals surface area contributed by atoms with Crippen molar-refractivity contribution in [2.24, 2.45) is 0 Å². The SMILES string of the molecule is C=C1c2c(Br)c(OC)c(C)c3c2N(CCC3)C1Br. The number of methoxy groups -OCH3 is 1. The topological polar surface area (TPSA) is 12.5 Å². The first-order chi connectivity index (χ1) is 8.57. The molecule has 1 aromatic carbocycles. The maximum atomic E-state index is 5.56. The Morgan fingerprint density at radius 3 is 2.83 bits per heavy atom. The Balaban J connectivity index is 2.37. The highest BCUT2D eigenvalue weighted by Gasteiger charge is 2.38. The van der Waals surface area contributed by atoms with E-state index in [0.717, 1.165) is 28.8 Å². The summed E-state index contributed by atoms with van der Waals surface area (Å²) in [6.07, 6.45) is 2.31. The molecule has 2 aliphatic rings. The second kappa shape index (κ2) is 4.27. The summed E-state index contributed by atoms with van der Waals surface area (Å²) in [5.74, 6) is 0.952. The van der Waals surface area contributed by atoms with Gasteiger partial charge in [0, 0.05) is 12.1 Å². The lowest BCUT2D eigenvalue weighted by Crippen LogP contribution is -2.31. The van der Waals surface area contributed by atoms with Crippen LogP contribution in [-0.4, -0.2) is 18.6 Å². The van der Waals surface area contributed by atoms with Gasteiger partial charge in [-0.25, -0.2) is 0 Å². The highest BCUT2D eigenvalue weighted by molar-refractivity contribution is 9.10. The van der Waals surface area contributed by atoms with Gasteiger partial charge in [0.15, 0.2) is 0 Å². The zero-order valence-electron chi connectivity index (χ0n) is 10.5. The molecule has 1 atom stereocenters. The van der Waals surface area contributed by atoms with Crippen molar-refractivity contribution < 1.29 is 4.74 Å². The largest absolute Gasteiger partial charge is 0.495 e. The Labute approximate surface area is 124 Å². The lowest BCUT2D eigenvalue weighted by Gasteiger charge is -2.31. The van der Waals surface area contributed by atoms with Crippen molar-refractivity contribution in [3.63, 3.8) is 0 Å². The molecule has 0 radical (unpaired) electrons. The summed E-state index contributed by atoms with van der Waals surface area (Å²) in [6.45, 7) is 7.47. The minimum absolute atomic E-state index is 0.217. The van der Waals surface area contributed by atoms with Crippen molar-refractivity contribution in [1.82, 2.24) is 0 Å². The maximum Gasteiger partial charge on any atom is 0.136 e. The zero-order chi connectivity index (χ0) is 13.0. The Morgan fingerprint density at radius 1 is 1.44 bits per heavy atom. The van der Waals surface area contributed by atoms with Gasteiger partial charge in [-0.2, -0.15) is 0 Å². The predicted octanol–water partition coefficient (Wildman–Crippen LogP) is 4.27. The maximum absolute atomic E-state index is 5.56. The van der Waals surface area contributed by atoms with Gasteiger partial charge in [-0.05, 0) is 52.4 Å². The van der Waals surface area contributed by atoms with Gasteiger partial charge < -0.3 is 9.64 Å². The van der Waals surface area contributed by atoms with Crippen molar-refractivity contribution in [1.29, 1.82) is 0 Å². The van der Waals surface area contributed by atoms with Crippen LogP contribution in [0.2, 0.25) is 0 Å². The second-order valence-corrected chi connectivity index (χ2v) is 6.49. The minimum atomic E-state index is 0.217. The van der Waals surface area contributed by atoms with E-state index in [0.29, 0.717) is 0 Å². The monoisotopic (exact) mass is 371 g/mol. The number of halogens is 2. The van der Waals surface area contributed by atoms with Crippen LogP contribution in [0.1, 0.15) is 23.1 Å². The van der Waals surface area contributed by atoms with E-state index in [1.807, 2.05) is 0 Å². The molecule has 0 aromatic heterocycles. The van der Waals surface area contributed by atoms with Crippen molar-refractivity contribution in [2.45, 2.75) is 24.7 Å². The summed E-state index contributed by atoms with van der Waals surface area (Å²) in [5, 5.41) is 0. The van der Waals surface area contributed by atoms with Crippen LogP contribution in [0.4, 0.5) is 5.69 Å². The van der Waals surface area contributed by atoms with Crippen LogP contribution in [0.15, 0.2) is 11.1 Å². The van der Waals surface area contributed by atoms with Gasteiger partial charge in [0.2, 0.25) is 0 Å². The number of alkyl halides is 1. The Bertz CT molecular complexity index is 553. The number of rotatable bonds is 1. The van der Waals surface area contributed by atoms with Crippen LogP contribution in [0.25, 0.3) is 5.57 Å². The third-order valence-corrected chi connectivity index (χ3v) is 5.74. The van der Waals surface area contributed by atoms with Gasteiger partial charge in [0.25, 0.3) is 0 Å². The van der Waals surface area contributed by atoms with Crippen molar-refractivity contribution >= 4 is 43.1 Å². The molecule has 0 bridgehead atoms. The molecule has 0 N–H and O–H groups in total. The number of hydrogen-bond donors (Lipinski definition) is 0. The molecule has 0 fully saturated rings. The van der Waals surface area contributed by atoms with E-state index >= 15 is 0 Å². The van der Waals surface area contributed by atoms with E-state index in [4.69, 9.17) is 4.74 Å². The van der Waals surface area contributed by atoms with Gasteiger partial charge in [-0.3, -0.25) is 0 Å². The lowest BCUT2D eigenvalue weighted by molar-refractivity contribution is 0.408. The summed E-state index contributed by atoms with van der Waals surface area (Å²) < 4.78 is 6.61. The van der Waals surface area contributed by atoms with E-state index in [9.17, 15) is 0 Å². The Morgan fingerprint density at radius 2 is 2.17 bits per heavy atom. The molecule has 2 aliphatic heterocycles. The average Bonchev–Trinajstić information content (AvgIpc) is 2.62. The molecular formula is C14H15Br2NO. The fraction of sp³-hybridized carbons (Fsp3) is 0.429. The average molecular weight is 373 g/mol. The van der Waals surface area contributed by atoms with Crippen LogP contribution in [0.5, 0.6) is 5.75 Å². The summed E-state index contributed by atoms with van der Waals surface area (Å²) in [5.41, 5.74) is 6.35. The molecule has 1 aromatic rings. The molecule has 2 nitrogen and oxygen atoms in total. The fourth-order valence-corrected chi connectivity index (χ4v) is 4.62. The molecule has 0 spiro atoms. The van der Waals surface area contributed by atoms with E-state index in [2.05, 4.69) is 50.3 Å². The van der Waals surface area contributed by atoms with Crippen LogP contribution in [-0.2, 0) is 6.42 Å². The Kier molecular flexibility index (Phi) is 2.98. The molecule has 4 heteroatoms. The van der Waals surface area contributed by atoms with E-state index in [-0.39, 0.29) is 4.95 Å². The van der Waals surface area contributed by atoms with Gasteiger partial charge in [-0.1, -0.05) is 22.5 Å². The standard InChI is InChI=1S/C14H15Br2NO/c1-7-9-5-4-6-17-12(9)10(8(2)14(17)16)11(15)13(7)18-3/h14H,2,4-6H2,1,3H3. The summed E-state index contributed by atoms with van der Waals surface area (Å²) in [4.78, 5) is 2.63. The Hall–Kier alpha value is -0.480. The number of hydrogen-bond acceptors (Lipinski definition) is 2. The molecule has 0 saturated heterocycles. The van der Waals surface area contributed by atoms with Crippen LogP contribution >= 0.6 is 31.9 Å². The molecule has 0 aliphatic carbocycles. The molecule has 0 saturated carbocycles. The highest BCUT2D eigenvalue weighted by atomic mass is 79.9. The molecule has 2 heterocycles. The van der Waals surface area contributed by atoms with Crippen molar-refractivity contribution in [3.05, 3.63) is 27.7 Å². The zero-order valence-corrected chi connectivity index (χ0v) is 13.7. The molecule has 0 amide bonds. The predicted molar refractivity (Wildman–Crippen MR) is 82.8 cm³/mol. The van der Waals surface area contributed by atoms with Gasteiger partial charge in [0.05, 0.1) is 17.3 Å². The van der Waals surface area contributed by atoms with Gasteiger partial charge in [0.1, 0.15) is 10.7 Å². The molecule has 18 heavy (non-hydrogen) atoms. The van der Waals surface area contributed by atoms with E-state index < -0.39 is 0 Å². The first-order valence-electron chi connectivity index (χ1n) is 6.06. The number of benzene rings is 1. The first kappa shape index (κ1) is 12.5. The van der Waals surface area contributed by atoms with Crippen molar-refractivity contribution in [3.8, 4) is 5.75 Å².